The van der Waals surface area contributed by atoms with Gasteiger partial charge in [-0.25, -0.2) is 0 Å². The van der Waals surface area contributed by atoms with Crippen LogP contribution in [0.4, 0.5) is 0 Å². The number of carbonyl (C=O) groups excluding carboxylic acids is 1. The van der Waals surface area contributed by atoms with Crippen molar-refractivity contribution >= 4 is 33.4 Å². The minimum absolute atomic E-state index is 0.199. The normalized spacial score (nSPS) is 10.3. The fourth-order valence-corrected chi connectivity index (χ4v) is 2.34. The van der Waals surface area contributed by atoms with Crippen molar-refractivity contribution in [1.82, 2.24) is 5.32 Å². The molecule has 0 aliphatic heterocycles. The highest BCUT2D eigenvalue weighted by molar-refractivity contribution is 9.10. The van der Waals surface area contributed by atoms with Crippen LogP contribution in [0.15, 0.2) is 46.9 Å². The molecule has 5 heteroatoms. The first-order valence-electron chi connectivity index (χ1n) is 6.08. The maximum absolute atomic E-state index is 12.0. The van der Waals surface area contributed by atoms with E-state index >= 15 is 0 Å². The molecule has 20 heavy (non-hydrogen) atoms. The molecular formula is C15H13BrClNO2. The van der Waals surface area contributed by atoms with Gasteiger partial charge >= 0.3 is 0 Å². The summed E-state index contributed by atoms with van der Waals surface area (Å²) in [7, 11) is 0. The fraction of sp³-hybridized carbons (Fsp3) is 0.133. The van der Waals surface area contributed by atoms with Crippen molar-refractivity contribution in [2.45, 2.75) is 6.42 Å². The van der Waals surface area contributed by atoms with Crippen LogP contribution >= 0.6 is 27.5 Å². The highest BCUT2D eigenvalue weighted by Gasteiger charge is 2.11. The molecule has 0 aliphatic carbocycles. The third kappa shape index (κ3) is 3.74. The average Bonchev–Trinajstić information content (AvgIpc) is 2.44. The Morgan fingerprint density at radius 3 is 2.60 bits per heavy atom. The molecular weight excluding hydrogens is 342 g/mol. The number of hydrogen-bond donors (Lipinski definition) is 2. The Balaban J connectivity index is 1.92. The van der Waals surface area contributed by atoms with Crippen LogP contribution in [0.25, 0.3) is 0 Å². The van der Waals surface area contributed by atoms with Gasteiger partial charge in [-0.2, -0.15) is 0 Å². The molecule has 104 valence electrons. The fourth-order valence-electron chi connectivity index (χ4n) is 1.76. The van der Waals surface area contributed by atoms with Crippen molar-refractivity contribution in [3.8, 4) is 5.75 Å². The standard InChI is InChI=1S/C15H13BrClNO2/c16-13-3-1-2-12(14(13)17)15(20)18-9-8-10-4-6-11(19)7-5-10/h1-7,19H,8-9H2,(H,18,20). The molecule has 2 N–H and O–H groups in total. The Kier molecular flexibility index (Phi) is 5.04. The molecule has 0 spiro atoms. The van der Waals surface area contributed by atoms with Crippen LogP contribution in [0.3, 0.4) is 0 Å². The summed E-state index contributed by atoms with van der Waals surface area (Å²) in [6, 6.07) is 12.1. The van der Waals surface area contributed by atoms with Gasteiger partial charge in [0.05, 0.1) is 10.6 Å². The number of benzene rings is 2. The second-order valence-electron chi connectivity index (χ2n) is 4.27. The Morgan fingerprint density at radius 2 is 1.90 bits per heavy atom. The molecule has 0 aromatic heterocycles. The van der Waals surface area contributed by atoms with Crippen LogP contribution in [0.1, 0.15) is 15.9 Å². The van der Waals surface area contributed by atoms with Crippen molar-refractivity contribution in [3.05, 3.63) is 63.1 Å². The SMILES string of the molecule is O=C(NCCc1ccc(O)cc1)c1cccc(Br)c1Cl. The van der Waals surface area contributed by atoms with Gasteiger partial charge in [-0.3, -0.25) is 4.79 Å². The first kappa shape index (κ1) is 14.9. The highest BCUT2D eigenvalue weighted by atomic mass is 79.9. The van der Waals surface area contributed by atoms with Gasteiger partial charge in [0.2, 0.25) is 0 Å². The number of phenolic OH excluding ortho intramolecular Hbond substituents is 1. The molecule has 0 aliphatic rings. The van der Waals surface area contributed by atoms with E-state index in [0.717, 1.165) is 5.56 Å². The first-order chi connectivity index (χ1) is 9.58. The molecule has 0 saturated carbocycles. The molecule has 0 atom stereocenters. The van der Waals surface area contributed by atoms with Crippen LogP contribution in [0, 0.1) is 0 Å². The number of halogens is 2. The smallest absolute Gasteiger partial charge is 0.252 e. The number of rotatable bonds is 4. The monoisotopic (exact) mass is 353 g/mol. The number of amides is 1. The van der Waals surface area contributed by atoms with Gasteiger partial charge in [-0.1, -0.05) is 29.8 Å². The van der Waals surface area contributed by atoms with Gasteiger partial charge in [0.1, 0.15) is 5.75 Å². The maximum atomic E-state index is 12.0. The van der Waals surface area contributed by atoms with Crippen molar-refractivity contribution in [2.75, 3.05) is 6.54 Å². The Bertz CT molecular complexity index is 614. The molecule has 0 saturated heterocycles. The number of nitrogens with one attached hydrogen (secondary N) is 1. The van der Waals surface area contributed by atoms with Crippen molar-refractivity contribution in [3.63, 3.8) is 0 Å². The predicted octanol–water partition coefficient (Wildman–Crippen LogP) is 3.78. The molecule has 0 unspecified atom stereocenters. The Hall–Kier alpha value is -1.52. The molecule has 3 nitrogen and oxygen atoms in total. The third-order valence-electron chi connectivity index (χ3n) is 2.83. The third-order valence-corrected chi connectivity index (χ3v) is 4.13. The van der Waals surface area contributed by atoms with E-state index in [0.29, 0.717) is 28.0 Å². The quantitative estimate of drug-likeness (QED) is 0.878. The molecule has 2 aromatic carbocycles. The summed E-state index contributed by atoms with van der Waals surface area (Å²) in [4.78, 5) is 12.0. The van der Waals surface area contributed by atoms with E-state index in [9.17, 15) is 9.90 Å². The molecule has 0 heterocycles. The topological polar surface area (TPSA) is 49.3 Å². The molecule has 1 amide bonds. The molecule has 0 fully saturated rings. The summed E-state index contributed by atoms with van der Waals surface area (Å²) < 4.78 is 0.699. The summed E-state index contributed by atoms with van der Waals surface area (Å²) >= 11 is 9.36. The lowest BCUT2D eigenvalue weighted by molar-refractivity contribution is 0.0954. The second-order valence-corrected chi connectivity index (χ2v) is 5.51. The summed E-state index contributed by atoms with van der Waals surface area (Å²) in [6.07, 6.45) is 0.692. The number of hydrogen-bond acceptors (Lipinski definition) is 2. The molecule has 2 aromatic rings. The van der Waals surface area contributed by atoms with Crippen molar-refractivity contribution in [1.29, 1.82) is 0 Å². The van der Waals surface area contributed by atoms with E-state index in [-0.39, 0.29) is 11.7 Å². The highest BCUT2D eigenvalue weighted by Crippen LogP contribution is 2.25. The van der Waals surface area contributed by atoms with Gasteiger partial charge in [0.15, 0.2) is 0 Å². The molecule has 2 rings (SSSR count). The second kappa shape index (κ2) is 6.77. The lowest BCUT2D eigenvalue weighted by Gasteiger charge is -2.08. The zero-order chi connectivity index (χ0) is 14.5. The van der Waals surface area contributed by atoms with E-state index in [4.69, 9.17) is 11.6 Å². The van der Waals surface area contributed by atoms with E-state index < -0.39 is 0 Å². The number of aromatic hydroxyl groups is 1. The maximum Gasteiger partial charge on any atom is 0.252 e. The van der Waals surface area contributed by atoms with E-state index in [1.54, 1.807) is 30.3 Å². The van der Waals surface area contributed by atoms with Gasteiger partial charge < -0.3 is 10.4 Å². The van der Waals surface area contributed by atoms with Gasteiger partial charge in [0.25, 0.3) is 5.91 Å². The van der Waals surface area contributed by atoms with Gasteiger partial charge in [-0.15, -0.1) is 0 Å². The lowest BCUT2D eigenvalue weighted by Crippen LogP contribution is -2.26. The summed E-state index contributed by atoms with van der Waals surface area (Å²) in [5.41, 5.74) is 1.50. The van der Waals surface area contributed by atoms with Crippen molar-refractivity contribution < 1.29 is 9.90 Å². The number of phenols is 1. The largest absolute Gasteiger partial charge is 0.508 e. The average molecular weight is 355 g/mol. The number of carbonyl (C=O) groups is 1. The van der Waals surface area contributed by atoms with Crippen LogP contribution in [0.2, 0.25) is 5.02 Å². The molecule has 0 bridgehead atoms. The summed E-state index contributed by atoms with van der Waals surface area (Å²) in [5.74, 6) is 0.0359. The van der Waals surface area contributed by atoms with E-state index in [1.165, 1.54) is 0 Å². The minimum Gasteiger partial charge on any atom is -0.508 e. The Labute approximate surface area is 130 Å². The lowest BCUT2D eigenvalue weighted by atomic mass is 10.1. The van der Waals surface area contributed by atoms with E-state index in [2.05, 4.69) is 21.2 Å². The van der Waals surface area contributed by atoms with Crippen LogP contribution < -0.4 is 5.32 Å². The van der Waals surface area contributed by atoms with Gasteiger partial charge in [0, 0.05) is 11.0 Å². The van der Waals surface area contributed by atoms with Crippen LogP contribution in [-0.4, -0.2) is 17.6 Å². The van der Waals surface area contributed by atoms with E-state index in [1.807, 2.05) is 12.1 Å². The minimum atomic E-state index is -0.199. The zero-order valence-corrected chi connectivity index (χ0v) is 12.9. The van der Waals surface area contributed by atoms with Gasteiger partial charge in [-0.05, 0) is 52.2 Å². The van der Waals surface area contributed by atoms with Crippen LogP contribution in [0.5, 0.6) is 5.75 Å². The summed E-state index contributed by atoms with van der Waals surface area (Å²) in [5, 5.41) is 12.4. The zero-order valence-electron chi connectivity index (χ0n) is 10.6. The summed E-state index contributed by atoms with van der Waals surface area (Å²) in [6.45, 7) is 0.506. The van der Waals surface area contributed by atoms with Crippen molar-refractivity contribution in [2.24, 2.45) is 0 Å². The molecule has 0 radical (unpaired) electrons. The Morgan fingerprint density at radius 1 is 1.20 bits per heavy atom. The van der Waals surface area contributed by atoms with Crippen LogP contribution in [-0.2, 0) is 6.42 Å². The predicted molar refractivity (Wildman–Crippen MR) is 83.3 cm³/mol. The first-order valence-corrected chi connectivity index (χ1v) is 7.25.